The van der Waals surface area contributed by atoms with Gasteiger partial charge in [0, 0.05) is 0 Å². The highest BCUT2D eigenvalue weighted by Gasteiger charge is 2.72. The van der Waals surface area contributed by atoms with E-state index in [9.17, 15) is 19.2 Å². The SMILES string of the molecule is C[C@]12C(=O)NC(=O)N[C@H]1O[C@@H]1NC(=O)NC(=O)[C@@]12C. The maximum absolute atomic E-state index is 12.2. The maximum Gasteiger partial charge on any atom is 0.323 e. The number of hydrogen-bond donors (Lipinski definition) is 4. The average Bonchev–Trinajstić information content (AvgIpc) is 2.52. The van der Waals surface area contributed by atoms with Gasteiger partial charge < -0.3 is 15.4 Å². The summed E-state index contributed by atoms with van der Waals surface area (Å²) in [5.41, 5.74) is -2.63. The lowest BCUT2D eigenvalue weighted by Crippen LogP contribution is -2.71. The van der Waals surface area contributed by atoms with Crippen molar-refractivity contribution >= 4 is 23.9 Å². The lowest BCUT2D eigenvalue weighted by molar-refractivity contribution is -0.150. The molecule has 0 aromatic rings. The van der Waals surface area contributed by atoms with Crippen LogP contribution in [0.1, 0.15) is 13.8 Å². The number of hydrogen-bond acceptors (Lipinski definition) is 5. The summed E-state index contributed by atoms with van der Waals surface area (Å²) in [5.74, 6) is -1.23. The molecule has 0 aromatic heterocycles. The zero-order chi connectivity index (χ0) is 14.0. The van der Waals surface area contributed by atoms with E-state index in [1.165, 1.54) is 13.8 Å². The topological polar surface area (TPSA) is 126 Å². The molecule has 0 radical (unpaired) electrons. The van der Waals surface area contributed by atoms with Crippen LogP contribution in [0.2, 0.25) is 0 Å². The molecule has 3 aliphatic heterocycles. The monoisotopic (exact) mass is 268 g/mol. The minimum absolute atomic E-state index is 0.613. The lowest BCUT2D eigenvalue weighted by atomic mass is 9.62. The van der Waals surface area contributed by atoms with Crippen LogP contribution in [0.15, 0.2) is 0 Å². The number of nitrogens with one attached hydrogen (secondary N) is 4. The molecule has 9 heteroatoms. The van der Waals surface area contributed by atoms with E-state index in [4.69, 9.17) is 4.74 Å². The largest absolute Gasteiger partial charge is 0.333 e. The first-order valence-corrected chi connectivity index (χ1v) is 5.69. The second kappa shape index (κ2) is 3.23. The molecule has 3 heterocycles. The average molecular weight is 268 g/mol. The minimum Gasteiger partial charge on any atom is -0.333 e. The summed E-state index contributed by atoms with van der Waals surface area (Å²) in [5, 5.41) is 9.12. The Hall–Kier alpha value is -2.16. The first-order chi connectivity index (χ1) is 8.80. The number of carbonyl (C=O) groups is 4. The van der Waals surface area contributed by atoms with E-state index < -0.39 is 47.2 Å². The molecule has 0 bridgehead atoms. The molecule has 3 aliphatic rings. The standard InChI is InChI=1S/C10H12N4O5/c1-9-3(15)11-7(17)13-5(9)19-6-10(9,2)4(16)12-8(18)14-6/h5-6H,1-2H3,(H2,11,13,15,17)(H2,12,14,16,18)/t5-,6-,9-,10-/m0/s1. The fraction of sp³-hybridized carbons (Fsp3) is 0.600. The predicted molar refractivity (Wildman–Crippen MR) is 58.2 cm³/mol. The highest BCUT2D eigenvalue weighted by atomic mass is 16.5. The van der Waals surface area contributed by atoms with Gasteiger partial charge in [0.05, 0.1) is 0 Å². The Kier molecular flexibility index (Phi) is 2.03. The van der Waals surface area contributed by atoms with E-state index in [1.807, 2.05) is 0 Å². The molecule has 0 spiro atoms. The molecule has 6 amide bonds. The van der Waals surface area contributed by atoms with Crippen molar-refractivity contribution in [3.05, 3.63) is 0 Å². The van der Waals surface area contributed by atoms with Gasteiger partial charge in [0.15, 0.2) is 0 Å². The second-order valence-electron chi connectivity index (χ2n) is 5.16. The van der Waals surface area contributed by atoms with E-state index >= 15 is 0 Å². The third kappa shape index (κ3) is 1.17. The van der Waals surface area contributed by atoms with Gasteiger partial charge in [0.2, 0.25) is 11.8 Å². The minimum atomic E-state index is -1.32. The molecule has 3 fully saturated rings. The summed E-state index contributed by atoms with van der Waals surface area (Å²) in [6, 6.07) is -1.39. The van der Waals surface area contributed by atoms with Crippen LogP contribution in [0, 0.1) is 10.8 Å². The van der Waals surface area contributed by atoms with Crippen molar-refractivity contribution in [3.63, 3.8) is 0 Å². The van der Waals surface area contributed by atoms with Gasteiger partial charge in [-0.05, 0) is 13.8 Å². The second-order valence-corrected chi connectivity index (χ2v) is 5.16. The van der Waals surface area contributed by atoms with Gasteiger partial charge in [-0.15, -0.1) is 0 Å². The Morgan fingerprint density at radius 1 is 0.842 bits per heavy atom. The van der Waals surface area contributed by atoms with E-state index in [-0.39, 0.29) is 0 Å². The summed E-state index contributed by atoms with van der Waals surface area (Å²) in [6.07, 6.45) is -1.96. The van der Waals surface area contributed by atoms with Crippen molar-refractivity contribution in [2.24, 2.45) is 10.8 Å². The van der Waals surface area contributed by atoms with Crippen molar-refractivity contribution in [2.45, 2.75) is 26.3 Å². The van der Waals surface area contributed by atoms with Gasteiger partial charge >= 0.3 is 12.1 Å². The van der Waals surface area contributed by atoms with Gasteiger partial charge in [0.1, 0.15) is 23.3 Å². The number of fused-ring (bicyclic) bond motifs is 3. The Balaban J connectivity index is 2.11. The molecular formula is C10H12N4O5. The summed E-state index contributed by atoms with van der Waals surface area (Å²) in [6.45, 7) is 3.03. The van der Waals surface area contributed by atoms with Crippen LogP contribution in [0.3, 0.4) is 0 Å². The van der Waals surface area contributed by atoms with Crippen molar-refractivity contribution in [1.82, 2.24) is 21.3 Å². The van der Waals surface area contributed by atoms with E-state index in [1.54, 1.807) is 0 Å². The normalized spacial score (nSPS) is 44.5. The fourth-order valence-electron chi connectivity index (χ4n) is 2.80. The third-order valence-electron chi connectivity index (χ3n) is 4.32. The van der Waals surface area contributed by atoms with Gasteiger partial charge in [0.25, 0.3) is 0 Å². The molecule has 4 atom stereocenters. The predicted octanol–water partition coefficient (Wildman–Crippen LogP) is -1.64. The molecule has 0 saturated carbocycles. The number of ether oxygens (including phenoxy) is 1. The van der Waals surface area contributed by atoms with Crippen LogP contribution in [0.5, 0.6) is 0 Å². The van der Waals surface area contributed by atoms with E-state index in [0.717, 1.165) is 0 Å². The summed E-state index contributed by atoms with van der Waals surface area (Å²) >= 11 is 0. The van der Waals surface area contributed by atoms with Crippen LogP contribution in [0.25, 0.3) is 0 Å². The van der Waals surface area contributed by atoms with Crippen molar-refractivity contribution in [2.75, 3.05) is 0 Å². The number of rotatable bonds is 0. The van der Waals surface area contributed by atoms with Gasteiger partial charge in [-0.3, -0.25) is 20.2 Å². The summed E-state index contributed by atoms with van der Waals surface area (Å²) in [7, 11) is 0. The molecule has 102 valence electrons. The maximum atomic E-state index is 12.2. The fourth-order valence-corrected chi connectivity index (χ4v) is 2.80. The Morgan fingerprint density at radius 2 is 1.21 bits per heavy atom. The lowest BCUT2D eigenvalue weighted by Gasteiger charge is -2.43. The van der Waals surface area contributed by atoms with Crippen molar-refractivity contribution < 1.29 is 23.9 Å². The molecule has 3 rings (SSSR count). The van der Waals surface area contributed by atoms with E-state index in [0.29, 0.717) is 0 Å². The van der Waals surface area contributed by atoms with Gasteiger partial charge in [-0.2, -0.15) is 0 Å². The van der Waals surface area contributed by atoms with E-state index in [2.05, 4.69) is 21.3 Å². The van der Waals surface area contributed by atoms with Crippen molar-refractivity contribution in [3.8, 4) is 0 Å². The first-order valence-electron chi connectivity index (χ1n) is 5.69. The third-order valence-corrected chi connectivity index (χ3v) is 4.32. The number of amides is 6. The highest BCUT2D eigenvalue weighted by Crippen LogP contribution is 2.53. The van der Waals surface area contributed by atoms with Gasteiger partial charge in [-0.25, -0.2) is 9.59 Å². The van der Waals surface area contributed by atoms with Crippen LogP contribution >= 0.6 is 0 Å². The number of imide groups is 2. The highest BCUT2D eigenvalue weighted by molar-refractivity contribution is 6.08. The summed E-state index contributed by atoms with van der Waals surface area (Å²) < 4.78 is 5.47. The molecule has 0 aliphatic carbocycles. The molecule has 4 N–H and O–H groups in total. The van der Waals surface area contributed by atoms with Crippen LogP contribution in [0.4, 0.5) is 9.59 Å². The molecular weight excluding hydrogens is 256 g/mol. The molecule has 19 heavy (non-hydrogen) atoms. The summed E-state index contributed by atoms with van der Waals surface area (Å²) in [4.78, 5) is 46.9. The first kappa shape index (κ1) is 11.9. The Labute approximate surface area is 107 Å². The quantitative estimate of drug-likeness (QED) is 0.419. The number of urea groups is 2. The van der Waals surface area contributed by atoms with Crippen LogP contribution < -0.4 is 21.3 Å². The molecule has 9 nitrogen and oxygen atoms in total. The van der Waals surface area contributed by atoms with Crippen LogP contribution in [-0.4, -0.2) is 36.3 Å². The van der Waals surface area contributed by atoms with Crippen LogP contribution in [-0.2, 0) is 14.3 Å². The number of carbonyl (C=O) groups excluding carboxylic acids is 4. The van der Waals surface area contributed by atoms with Crippen molar-refractivity contribution in [1.29, 1.82) is 0 Å². The van der Waals surface area contributed by atoms with Gasteiger partial charge in [-0.1, -0.05) is 0 Å². The Morgan fingerprint density at radius 3 is 1.58 bits per heavy atom. The zero-order valence-corrected chi connectivity index (χ0v) is 10.2. The molecule has 0 aromatic carbocycles. The zero-order valence-electron chi connectivity index (χ0n) is 10.2. The molecule has 0 unspecified atom stereocenters. The Bertz CT molecular complexity index is 488. The molecule has 3 saturated heterocycles. The smallest absolute Gasteiger partial charge is 0.323 e.